The quantitative estimate of drug-likeness (QED) is 0.229. The Morgan fingerprint density at radius 3 is 0.667 bits per heavy atom. The van der Waals surface area contributed by atoms with Crippen LogP contribution in [0.1, 0.15) is 27.7 Å². The van der Waals surface area contributed by atoms with Gasteiger partial charge in [0.2, 0.25) is 0 Å². The summed E-state index contributed by atoms with van der Waals surface area (Å²) in [6, 6.07) is 0. The Hall–Kier alpha value is -0.539. The van der Waals surface area contributed by atoms with Gasteiger partial charge in [-0.05, 0) is 0 Å². The van der Waals surface area contributed by atoms with Crippen LogP contribution in [0.4, 0.5) is 0 Å². The molecular formula is C8H18BKO11. The van der Waals surface area contributed by atoms with E-state index in [0.29, 0.717) is 0 Å². The van der Waals surface area contributed by atoms with E-state index < -0.39 is 31.2 Å². The van der Waals surface area contributed by atoms with Gasteiger partial charge in [-0.15, -0.1) is 0 Å². The summed E-state index contributed by atoms with van der Waals surface area (Å²) in [5.41, 5.74) is 0. The van der Waals surface area contributed by atoms with E-state index in [1.165, 1.54) is 0 Å². The molecule has 0 aliphatic carbocycles. The predicted molar refractivity (Wildman–Crippen MR) is 63.4 cm³/mol. The molecule has 0 saturated heterocycles. The first-order valence-corrected chi connectivity index (χ1v) is 4.46. The van der Waals surface area contributed by atoms with Crippen molar-refractivity contribution in [2.45, 2.75) is 27.7 Å². The van der Waals surface area contributed by atoms with Crippen molar-refractivity contribution in [3.63, 3.8) is 0 Å². The normalized spacial score (nSPS) is 6.05. The van der Waals surface area contributed by atoms with Crippen molar-refractivity contribution in [2.75, 3.05) is 0 Å². The second-order valence-electron chi connectivity index (χ2n) is 2.40. The van der Waals surface area contributed by atoms with Gasteiger partial charge < -0.3 is 35.5 Å². The molecule has 13 heteroatoms. The molecule has 0 fully saturated rings. The summed E-state index contributed by atoms with van der Waals surface area (Å²) in [5.74, 6) is -3.33. The van der Waals surface area contributed by atoms with Gasteiger partial charge in [0.25, 0.3) is 23.9 Å². The Bertz CT molecular complexity index is 202. The van der Waals surface area contributed by atoms with Gasteiger partial charge in [-0.3, -0.25) is 19.2 Å². The maximum absolute atomic E-state index is 9.00. The van der Waals surface area contributed by atoms with Crippen molar-refractivity contribution in [2.24, 2.45) is 0 Å². The van der Waals surface area contributed by atoms with Crippen molar-refractivity contribution in [3.05, 3.63) is 0 Å². The molecule has 0 rings (SSSR count). The van der Waals surface area contributed by atoms with Crippen molar-refractivity contribution < 1.29 is 106 Å². The molecule has 0 aliphatic heterocycles. The zero-order chi connectivity index (χ0) is 17.9. The fourth-order valence-electron chi connectivity index (χ4n) is 0. The molecule has 11 nitrogen and oxygen atoms in total. The summed E-state index contributed by atoms with van der Waals surface area (Å²) in [5, 5.41) is 52.4. The van der Waals surface area contributed by atoms with Gasteiger partial charge in [-0.2, -0.15) is 0 Å². The van der Waals surface area contributed by atoms with Gasteiger partial charge in [-0.1, -0.05) is 0 Å². The summed E-state index contributed by atoms with van der Waals surface area (Å²) >= 11 is 0. The van der Waals surface area contributed by atoms with E-state index in [0.717, 1.165) is 27.7 Å². The van der Waals surface area contributed by atoms with Gasteiger partial charge in [0.1, 0.15) is 0 Å². The summed E-state index contributed by atoms with van der Waals surface area (Å²) < 4.78 is 0. The molecule has 6 N–H and O–H groups in total. The van der Waals surface area contributed by atoms with Crippen LogP contribution in [-0.2, 0) is 19.2 Å². The van der Waals surface area contributed by atoms with Crippen LogP contribution in [0, 0.1) is 0 Å². The third-order valence-corrected chi connectivity index (χ3v) is 0. The minimum absolute atomic E-state index is 0. The van der Waals surface area contributed by atoms with E-state index in [9.17, 15) is 0 Å². The molecule has 0 aromatic carbocycles. The number of carboxylic acid groups (broad SMARTS) is 4. The molecule has 0 spiro atoms. The molecule has 0 radical (unpaired) electrons. The largest absolute Gasteiger partial charge is 1.00 e. The van der Waals surface area contributed by atoms with Crippen LogP contribution in [0.3, 0.4) is 0 Å². The molecule has 0 aliphatic rings. The zero-order valence-electron chi connectivity index (χ0n) is 12.3. The molecular weight excluding hydrogens is 322 g/mol. The number of carbonyl (C=O) groups is 4. The van der Waals surface area contributed by atoms with Gasteiger partial charge in [0.15, 0.2) is 0 Å². The topological polar surface area (TPSA) is 213 Å². The number of carboxylic acids is 4. The van der Waals surface area contributed by atoms with Crippen LogP contribution >= 0.6 is 0 Å². The van der Waals surface area contributed by atoms with Crippen LogP contribution in [0.25, 0.3) is 0 Å². The molecule has 0 atom stereocenters. The minimum Gasteiger partial charge on any atom is -0.832 e. The number of aliphatic carboxylic acids is 4. The molecule has 0 bridgehead atoms. The third-order valence-electron chi connectivity index (χ3n) is 0. The van der Waals surface area contributed by atoms with Gasteiger partial charge in [0, 0.05) is 27.7 Å². The summed E-state index contributed by atoms with van der Waals surface area (Å²) in [7, 11) is -2.42. The minimum atomic E-state index is -2.42. The Balaban J connectivity index is -0.0000000331. The molecule has 0 amide bonds. The molecule has 0 heterocycles. The van der Waals surface area contributed by atoms with E-state index in [2.05, 4.69) is 0 Å². The van der Waals surface area contributed by atoms with Crippen molar-refractivity contribution >= 4 is 31.2 Å². The first-order valence-electron chi connectivity index (χ1n) is 4.46. The van der Waals surface area contributed by atoms with Crippen LogP contribution in [-0.4, -0.2) is 61.7 Å². The Labute approximate surface area is 163 Å². The molecule has 0 saturated carbocycles. The number of hydrogen-bond acceptors (Lipinski definition) is 7. The number of hydrogen-bond donors (Lipinski definition) is 6. The van der Waals surface area contributed by atoms with Crippen LogP contribution in [0.15, 0.2) is 0 Å². The van der Waals surface area contributed by atoms with Gasteiger partial charge in [-0.25, -0.2) is 0 Å². The standard InChI is InChI=1S/4C2H4O2.BH2O3.K/c4*1-2(3)4;2-1(3)4;/h4*1H3,(H,3,4);2-3H;/q;;;;-1;+1. The second-order valence-corrected chi connectivity index (χ2v) is 2.40. The molecule has 0 unspecified atom stereocenters. The van der Waals surface area contributed by atoms with Crippen molar-refractivity contribution in [1.29, 1.82) is 0 Å². The summed E-state index contributed by atoms with van der Waals surface area (Å²) in [4.78, 5) is 36.0. The van der Waals surface area contributed by atoms with Crippen LogP contribution in [0.5, 0.6) is 0 Å². The molecule has 21 heavy (non-hydrogen) atoms. The van der Waals surface area contributed by atoms with E-state index in [-0.39, 0.29) is 51.4 Å². The maximum Gasteiger partial charge on any atom is 1.00 e. The smallest absolute Gasteiger partial charge is 0.832 e. The Morgan fingerprint density at radius 1 is 0.667 bits per heavy atom. The number of rotatable bonds is 0. The van der Waals surface area contributed by atoms with Gasteiger partial charge >= 0.3 is 58.7 Å². The Kier molecular flexibility index (Phi) is 56.0. The Morgan fingerprint density at radius 2 is 0.667 bits per heavy atom. The second kappa shape index (κ2) is 31.7. The van der Waals surface area contributed by atoms with Crippen LogP contribution < -0.4 is 56.4 Å². The molecule has 120 valence electrons. The van der Waals surface area contributed by atoms with E-state index >= 15 is 0 Å². The monoisotopic (exact) mass is 340 g/mol. The summed E-state index contributed by atoms with van der Waals surface area (Å²) in [6.07, 6.45) is 0. The fourth-order valence-corrected chi connectivity index (χ4v) is 0. The van der Waals surface area contributed by atoms with Crippen LogP contribution in [0.2, 0.25) is 0 Å². The fraction of sp³-hybridized carbons (Fsp3) is 0.500. The van der Waals surface area contributed by atoms with Crippen molar-refractivity contribution in [3.8, 4) is 0 Å². The average molecular weight is 340 g/mol. The van der Waals surface area contributed by atoms with E-state index in [1.807, 2.05) is 0 Å². The third kappa shape index (κ3) is 20400. The zero-order valence-corrected chi connectivity index (χ0v) is 15.4. The van der Waals surface area contributed by atoms with Gasteiger partial charge in [0.05, 0.1) is 0 Å². The maximum atomic E-state index is 9.00. The predicted octanol–water partition coefficient (Wildman–Crippen LogP) is -5.32. The van der Waals surface area contributed by atoms with E-state index in [4.69, 9.17) is 54.7 Å². The SMILES string of the molecule is CC(=O)O.CC(=O)O.CC(=O)O.CC(=O)O.[K+].[O-]B(O)O. The molecule has 0 aromatic rings. The first kappa shape index (κ1) is 37.1. The average Bonchev–Trinajstić information content (AvgIpc) is 1.94. The van der Waals surface area contributed by atoms with E-state index in [1.54, 1.807) is 0 Å². The van der Waals surface area contributed by atoms with Crippen molar-refractivity contribution in [1.82, 2.24) is 0 Å². The first-order chi connectivity index (χ1) is 8.66. The molecule has 0 aromatic heterocycles. The summed E-state index contributed by atoms with van der Waals surface area (Å²) in [6.45, 7) is 4.33.